The van der Waals surface area contributed by atoms with E-state index in [2.05, 4.69) is 17.1 Å². The fourth-order valence-electron chi connectivity index (χ4n) is 3.85. The van der Waals surface area contributed by atoms with E-state index in [4.69, 9.17) is 0 Å². The lowest BCUT2D eigenvalue weighted by molar-refractivity contribution is -0.122. The SMILES string of the molecule is CC(CN1CCCC1)CN(C)C(=O)c1ccc(NC(=O)C2CCC2)cc1. The van der Waals surface area contributed by atoms with Crippen molar-refractivity contribution >= 4 is 17.5 Å². The molecule has 2 fully saturated rings. The highest BCUT2D eigenvalue weighted by Gasteiger charge is 2.25. The number of carbonyl (C=O) groups is 2. The van der Waals surface area contributed by atoms with Gasteiger partial charge in [0, 0.05) is 37.3 Å². The molecule has 3 rings (SSSR count). The van der Waals surface area contributed by atoms with Crippen LogP contribution in [0.5, 0.6) is 0 Å². The number of nitrogens with one attached hydrogen (secondary N) is 1. The van der Waals surface area contributed by atoms with E-state index < -0.39 is 0 Å². The van der Waals surface area contributed by atoms with Crippen molar-refractivity contribution in [1.82, 2.24) is 9.80 Å². The van der Waals surface area contributed by atoms with Gasteiger partial charge < -0.3 is 15.1 Å². The van der Waals surface area contributed by atoms with Crippen LogP contribution in [0.4, 0.5) is 5.69 Å². The molecule has 0 bridgehead atoms. The van der Waals surface area contributed by atoms with E-state index >= 15 is 0 Å². The molecule has 2 amide bonds. The first-order valence-electron chi connectivity index (χ1n) is 9.91. The van der Waals surface area contributed by atoms with Gasteiger partial charge in [0.1, 0.15) is 0 Å². The summed E-state index contributed by atoms with van der Waals surface area (Å²) in [5.41, 5.74) is 1.44. The van der Waals surface area contributed by atoms with Gasteiger partial charge in [0.05, 0.1) is 0 Å². The van der Waals surface area contributed by atoms with Crippen LogP contribution < -0.4 is 5.32 Å². The summed E-state index contributed by atoms with van der Waals surface area (Å²) in [6.45, 7) is 6.41. The van der Waals surface area contributed by atoms with Crippen LogP contribution >= 0.6 is 0 Å². The van der Waals surface area contributed by atoms with Crippen molar-refractivity contribution in [2.75, 3.05) is 38.5 Å². The summed E-state index contributed by atoms with van der Waals surface area (Å²) < 4.78 is 0. The Hall–Kier alpha value is -1.88. The van der Waals surface area contributed by atoms with Crippen molar-refractivity contribution in [3.63, 3.8) is 0 Å². The summed E-state index contributed by atoms with van der Waals surface area (Å²) >= 11 is 0. The van der Waals surface area contributed by atoms with Gasteiger partial charge in [-0.2, -0.15) is 0 Å². The molecule has 1 atom stereocenters. The number of nitrogens with zero attached hydrogens (tertiary/aromatic N) is 2. The highest BCUT2D eigenvalue weighted by molar-refractivity contribution is 5.96. The lowest BCUT2D eigenvalue weighted by atomic mass is 9.85. The maximum atomic E-state index is 12.6. The third-order valence-electron chi connectivity index (χ3n) is 5.58. The van der Waals surface area contributed by atoms with Crippen LogP contribution in [-0.2, 0) is 4.79 Å². The third-order valence-corrected chi connectivity index (χ3v) is 5.58. The van der Waals surface area contributed by atoms with Crippen molar-refractivity contribution in [2.45, 2.75) is 39.0 Å². The van der Waals surface area contributed by atoms with E-state index in [0.29, 0.717) is 11.5 Å². The second kappa shape index (κ2) is 8.67. The number of rotatable bonds is 7. The van der Waals surface area contributed by atoms with Crippen molar-refractivity contribution in [2.24, 2.45) is 11.8 Å². The van der Waals surface area contributed by atoms with E-state index in [1.807, 2.05) is 24.1 Å². The van der Waals surface area contributed by atoms with Crippen molar-refractivity contribution in [3.8, 4) is 0 Å². The van der Waals surface area contributed by atoms with E-state index in [1.54, 1.807) is 12.1 Å². The monoisotopic (exact) mass is 357 g/mol. The fraction of sp³-hybridized carbons (Fsp3) is 0.619. The molecule has 1 heterocycles. The maximum Gasteiger partial charge on any atom is 0.253 e. The summed E-state index contributed by atoms with van der Waals surface area (Å²) in [6, 6.07) is 7.26. The molecule has 1 unspecified atom stereocenters. The first kappa shape index (κ1) is 18.9. The summed E-state index contributed by atoms with van der Waals surface area (Å²) in [6.07, 6.45) is 5.72. The molecule has 26 heavy (non-hydrogen) atoms. The number of carbonyl (C=O) groups excluding carboxylic acids is 2. The second-order valence-electron chi connectivity index (χ2n) is 7.99. The molecule has 1 saturated heterocycles. The van der Waals surface area contributed by atoms with Crippen molar-refractivity contribution < 1.29 is 9.59 Å². The molecule has 1 aromatic carbocycles. The molecule has 1 saturated carbocycles. The molecule has 142 valence electrons. The molecule has 1 aliphatic carbocycles. The summed E-state index contributed by atoms with van der Waals surface area (Å²) in [5, 5.41) is 2.94. The zero-order chi connectivity index (χ0) is 18.5. The number of likely N-dealkylation sites (tertiary alicyclic amines) is 1. The lowest BCUT2D eigenvalue weighted by Gasteiger charge is -2.25. The molecule has 5 heteroatoms. The Kier molecular flexibility index (Phi) is 6.30. The van der Waals surface area contributed by atoms with Crippen LogP contribution in [0.3, 0.4) is 0 Å². The molecule has 2 aliphatic rings. The van der Waals surface area contributed by atoms with Gasteiger partial charge >= 0.3 is 0 Å². The van der Waals surface area contributed by atoms with Crippen LogP contribution in [-0.4, -0.2) is 54.8 Å². The number of benzene rings is 1. The molecule has 0 radical (unpaired) electrons. The first-order chi connectivity index (χ1) is 12.5. The highest BCUT2D eigenvalue weighted by Crippen LogP contribution is 2.27. The number of amides is 2. The minimum atomic E-state index is 0.0372. The molecule has 5 nitrogen and oxygen atoms in total. The summed E-state index contributed by atoms with van der Waals surface area (Å²) in [4.78, 5) is 28.9. The van der Waals surface area contributed by atoms with E-state index in [1.165, 1.54) is 25.9 Å². The van der Waals surface area contributed by atoms with E-state index in [-0.39, 0.29) is 17.7 Å². The highest BCUT2D eigenvalue weighted by atomic mass is 16.2. The smallest absolute Gasteiger partial charge is 0.253 e. The van der Waals surface area contributed by atoms with E-state index in [0.717, 1.165) is 38.0 Å². The van der Waals surface area contributed by atoms with Gasteiger partial charge in [0.2, 0.25) is 5.91 Å². The van der Waals surface area contributed by atoms with E-state index in [9.17, 15) is 9.59 Å². The Morgan fingerprint density at radius 1 is 1.15 bits per heavy atom. The zero-order valence-corrected chi connectivity index (χ0v) is 16.0. The largest absolute Gasteiger partial charge is 0.341 e. The van der Waals surface area contributed by atoms with Gasteiger partial charge in [-0.25, -0.2) is 0 Å². The van der Waals surface area contributed by atoms with Crippen LogP contribution in [0.1, 0.15) is 49.4 Å². The molecular weight excluding hydrogens is 326 g/mol. The predicted octanol–water partition coefficient (Wildman–Crippen LogP) is 3.23. The second-order valence-corrected chi connectivity index (χ2v) is 7.99. The Bertz CT molecular complexity index is 619. The molecule has 1 aromatic rings. The van der Waals surface area contributed by atoms with Crippen LogP contribution in [0, 0.1) is 11.8 Å². The Labute approximate surface area is 156 Å². The Morgan fingerprint density at radius 3 is 2.38 bits per heavy atom. The van der Waals surface area contributed by atoms with Gasteiger partial charge in [-0.15, -0.1) is 0 Å². The topological polar surface area (TPSA) is 52.6 Å². The predicted molar refractivity (Wildman–Crippen MR) is 104 cm³/mol. The standard InChI is InChI=1S/C21H31N3O2/c1-16(15-24-12-3-4-13-24)14-23(2)21(26)18-8-10-19(11-9-18)22-20(25)17-6-5-7-17/h8-11,16-17H,3-7,12-15H2,1-2H3,(H,22,25). The molecule has 1 aliphatic heterocycles. The van der Waals surface area contributed by atoms with Gasteiger partial charge in [-0.1, -0.05) is 13.3 Å². The average Bonchev–Trinajstić information content (AvgIpc) is 3.05. The Balaban J connectivity index is 1.48. The molecule has 1 N–H and O–H groups in total. The van der Waals surface area contributed by atoms with Gasteiger partial charge in [-0.3, -0.25) is 9.59 Å². The maximum absolute atomic E-state index is 12.6. The summed E-state index contributed by atoms with van der Waals surface area (Å²) in [7, 11) is 1.87. The number of hydrogen-bond donors (Lipinski definition) is 1. The van der Waals surface area contributed by atoms with Crippen LogP contribution in [0.25, 0.3) is 0 Å². The average molecular weight is 357 g/mol. The van der Waals surface area contributed by atoms with Gasteiger partial charge in [0.15, 0.2) is 0 Å². The fourth-order valence-corrected chi connectivity index (χ4v) is 3.85. The van der Waals surface area contributed by atoms with Gasteiger partial charge in [-0.05, 0) is 69.0 Å². The normalized spacial score (nSPS) is 19.0. The quantitative estimate of drug-likeness (QED) is 0.815. The number of anilines is 1. The Morgan fingerprint density at radius 2 is 1.81 bits per heavy atom. The zero-order valence-electron chi connectivity index (χ0n) is 16.0. The minimum Gasteiger partial charge on any atom is -0.341 e. The molecule has 0 aromatic heterocycles. The minimum absolute atomic E-state index is 0.0372. The number of hydrogen-bond acceptors (Lipinski definition) is 3. The first-order valence-corrected chi connectivity index (χ1v) is 9.91. The molecule has 0 spiro atoms. The van der Waals surface area contributed by atoms with Crippen molar-refractivity contribution in [1.29, 1.82) is 0 Å². The molecular formula is C21H31N3O2. The lowest BCUT2D eigenvalue weighted by Crippen LogP contribution is -2.35. The van der Waals surface area contributed by atoms with Gasteiger partial charge in [0.25, 0.3) is 5.91 Å². The third kappa shape index (κ3) is 4.85. The van der Waals surface area contributed by atoms with Crippen LogP contribution in [0.15, 0.2) is 24.3 Å². The summed E-state index contributed by atoms with van der Waals surface area (Å²) in [5.74, 6) is 0.765. The van der Waals surface area contributed by atoms with Crippen molar-refractivity contribution in [3.05, 3.63) is 29.8 Å². The van der Waals surface area contributed by atoms with Crippen LogP contribution in [0.2, 0.25) is 0 Å².